The summed E-state index contributed by atoms with van der Waals surface area (Å²) in [6, 6.07) is 0.752. The zero-order valence-corrected chi connectivity index (χ0v) is 11.2. The molecule has 1 saturated heterocycles. The Balaban J connectivity index is 1.65. The van der Waals surface area contributed by atoms with Gasteiger partial charge < -0.3 is 10.1 Å². The second-order valence-electron chi connectivity index (χ2n) is 5.34. The Labute approximate surface area is 107 Å². The second-order valence-corrected chi connectivity index (χ2v) is 6.19. The Bertz CT molecular complexity index is 381. The van der Waals surface area contributed by atoms with E-state index in [1.807, 2.05) is 0 Å². The van der Waals surface area contributed by atoms with E-state index in [1.54, 1.807) is 11.3 Å². The molecule has 2 fully saturated rings. The summed E-state index contributed by atoms with van der Waals surface area (Å²) in [4.78, 5) is 4.74. The van der Waals surface area contributed by atoms with E-state index in [4.69, 9.17) is 9.72 Å². The molecule has 1 unspecified atom stereocenters. The monoisotopic (exact) mass is 252 g/mol. The predicted molar refractivity (Wildman–Crippen MR) is 69.1 cm³/mol. The van der Waals surface area contributed by atoms with Crippen LogP contribution >= 0.6 is 11.3 Å². The topological polar surface area (TPSA) is 34.2 Å². The number of ether oxygens (including phenoxy) is 1. The molecule has 0 aromatic carbocycles. The molecule has 3 nitrogen and oxygen atoms in total. The van der Waals surface area contributed by atoms with Crippen LogP contribution in [0.5, 0.6) is 0 Å². The van der Waals surface area contributed by atoms with E-state index in [0.29, 0.717) is 0 Å². The number of rotatable bonds is 4. The SMILES string of the molecule is CC1(c2nc(CNC3CC3)cs2)CCCCO1. The van der Waals surface area contributed by atoms with Crippen molar-refractivity contribution in [2.24, 2.45) is 0 Å². The van der Waals surface area contributed by atoms with E-state index in [-0.39, 0.29) is 5.60 Å². The third kappa shape index (κ3) is 2.69. The standard InChI is InChI=1S/C13H20N2OS/c1-13(6-2-3-7-16-13)12-15-11(9-17-12)8-14-10-4-5-10/h9-10,14H,2-8H2,1H3. The first-order chi connectivity index (χ1) is 8.26. The summed E-state index contributed by atoms with van der Waals surface area (Å²) in [6.45, 7) is 3.98. The quantitative estimate of drug-likeness (QED) is 0.894. The van der Waals surface area contributed by atoms with Crippen LogP contribution in [0.1, 0.15) is 49.7 Å². The van der Waals surface area contributed by atoms with Gasteiger partial charge in [-0.25, -0.2) is 4.98 Å². The van der Waals surface area contributed by atoms with Crippen molar-refractivity contribution in [3.8, 4) is 0 Å². The predicted octanol–water partition coefficient (Wildman–Crippen LogP) is 2.81. The second kappa shape index (κ2) is 4.67. The van der Waals surface area contributed by atoms with Crippen molar-refractivity contribution in [2.45, 2.75) is 57.2 Å². The molecule has 17 heavy (non-hydrogen) atoms. The van der Waals surface area contributed by atoms with Crippen LogP contribution in [0.25, 0.3) is 0 Å². The lowest BCUT2D eigenvalue weighted by atomic mass is 9.97. The third-order valence-electron chi connectivity index (χ3n) is 3.62. The first-order valence-electron chi connectivity index (χ1n) is 6.58. The fraction of sp³-hybridized carbons (Fsp3) is 0.769. The Kier molecular flexibility index (Phi) is 3.19. The maximum Gasteiger partial charge on any atom is 0.125 e. The van der Waals surface area contributed by atoms with Gasteiger partial charge in [-0.1, -0.05) is 0 Å². The first kappa shape index (κ1) is 11.6. The Morgan fingerprint density at radius 1 is 1.53 bits per heavy atom. The zero-order chi connectivity index (χ0) is 11.7. The summed E-state index contributed by atoms with van der Waals surface area (Å²) >= 11 is 1.75. The molecular weight excluding hydrogens is 232 g/mol. The number of hydrogen-bond donors (Lipinski definition) is 1. The van der Waals surface area contributed by atoms with Gasteiger partial charge in [-0.2, -0.15) is 0 Å². The van der Waals surface area contributed by atoms with Crippen molar-refractivity contribution >= 4 is 11.3 Å². The zero-order valence-electron chi connectivity index (χ0n) is 10.4. The van der Waals surface area contributed by atoms with Crippen LogP contribution < -0.4 is 5.32 Å². The van der Waals surface area contributed by atoms with E-state index in [0.717, 1.165) is 30.6 Å². The van der Waals surface area contributed by atoms with E-state index < -0.39 is 0 Å². The highest BCUT2D eigenvalue weighted by molar-refractivity contribution is 7.09. The van der Waals surface area contributed by atoms with Gasteiger partial charge in [0.15, 0.2) is 0 Å². The Hall–Kier alpha value is -0.450. The van der Waals surface area contributed by atoms with Gasteiger partial charge in [0.25, 0.3) is 0 Å². The molecule has 1 aliphatic carbocycles. The normalized spacial score (nSPS) is 29.5. The maximum atomic E-state index is 5.93. The molecule has 1 aliphatic heterocycles. The van der Waals surface area contributed by atoms with Gasteiger partial charge in [0.2, 0.25) is 0 Å². The minimum absolute atomic E-state index is 0.124. The van der Waals surface area contributed by atoms with Gasteiger partial charge in [0.1, 0.15) is 10.6 Å². The molecule has 2 heterocycles. The number of thiazole rings is 1. The van der Waals surface area contributed by atoms with Gasteiger partial charge in [-0.3, -0.25) is 0 Å². The summed E-state index contributed by atoms with van der Waals surface area (Å²) in [5.41, 5.74) is 1.05. The third-order valence-corrected chi connectivity index (χ3v) is 4.76. The molecule has 0 amide bonds. The molecule has 1 aromatic rings. The molecule has 2 aliphatic rings. The number of hydrogen-bond acceptors (Lipinski definition) is 4. The average Bonchev–Trinajstić information content (AvgIpc) is 3.04. The number of nitrogens with zero attached hydrogens (tertiary/aromatic N) is 1. The van der Waals surface area contributed by atoms with Gasteiger partial charge in [0.05, 0.1) is 5.69 Å². The van der Waals surface area contributed by atoms with Gasteiger partial charge in [-0.15, -0.1) is 11.3 Å². The fourth-order valence-electron chi connectivity index (χ4n) is 2.27. The van der Waals surface area contributed by atoms with E-state index >= 15 is 0 Å². The highest BCUT2D eigenvalue weighted by Crippen LogP contribution is 2.36. The van der Waals surface area contributed by atoms with Gasteiger partial charge >= 0.3 is 0 Å². The molecular formula is C13H20N2OS. The molecule has 1 saturated carbocycles. The van der Waals surface area contributed by atoms with Crippen molar-refractivity contribution in [3.63, 3.8) is 0 Å². The molecule has 4 heteroatoms. The van der Waals surface area contributed by atoms with Gasteiger partial charge in [0, 0.05) is 24.6 Å². The lowest BCUT2D eigenvalue weighted by Crippen LogP contribution is -2.30. The molecule has 94 valence electrons. The van der Waals surface area contributed by atoms with E-state index in [9.17, 15) is 0 Å². The molecule has 1 aromatic heterocycles. The molecule has 3 rings (SSSR count). The summed E-state index contributed by atoms with van der Waals surface area (Å²) in [5, 5.41) is 6.84. The van der Waals surface area contributed by atoms with Crippen LogP contribution in [-0.2, 0) is 16.9 Å². The maximum absolute atomic E-state index is 5.93. The van der Waals surface area contributed by atoms with Crippen molar-refractivity contribution in [2.75, 3.05) is 6.61 Å². The van der Waals surface area contributed by atoms with Crippen LogP contribution in [-0.4, -0.2) is 17.6 Å². The van der Waals surface area contributed by atoms with Crippen LogP contribution in [0.15, 0.2) is 5.38 Å². The molecule has 1 N–H and O–H groups in total. The molecule has 0 bridgehead atoms. The lowest BCUT2D eigenvalue weighted by molar-refractivity contribution is -0.0702. The van der Waals surface area contributed by atoms with Crippen LogP contribution in [0.2, 0.25) is 0 Å². The van der Waals surface area contributed by atoms with Crippen LogP contribution in [0, 0.1) is 0 Å². The number of aromatic nitrogens is 1. The molecule has 0 radical (unpaired) electrons. The highest BCUT2D eigenvalue weighted by Gasteiger charge is 2.33. The van der Waals surface area contributed by atoms with Crippen molar-refractivity contribution in [1.82, 2.24) is 10.3 Å². The van der Waals surface area contributed by atoms with Crippen molar-refractivity contribution in [3.05, 3.63) is 16.1 Å². The highest BCUT2D eigenvalue weighted by atomic mass is 32.1. The average molecular weight is 252 g/mol. The van der Waals surface area contributed by atoms with Crippen molar-refractivity contribution in [1.29, 1.82) is 0 Å². The largest absolute Gasteiger partial charge is 0.368 e. The minimum Gasteiger partial charge on any atom is -0.368 e. The van der Waals surface area contributed by atoms with E-state index in [2.05, 4.69) is 17.6 Å². The molecule has 1 atom stereocenters. The number of nitrogens with one attached hydrogen (secondary N) is 1. The Morgan fingerprint density at radius 3 is 3.12 bits per heavy atom. The summed E-state index contributed by atoms with van der Waals surface area (Å²) < 4.78 is 5.93. The first-order valence-corrected chi connectivity index (χ1v) is 7.46. The van der Waals surface area contributed by atoms with Gasteiger partial charge in [-0.05, 0) is 39.0 Å². The van der Waals surface area contributed by atoms with Crippen molar-refractivity contribution < 1.29 is 4.74 Å². The van der Waals surface area contributed by atoms with Crippen LogP contribution in [0.4, 0.5) is 0 Å². The molecule has 0 spiro atoms. The van der Waals surface area contributed by atoms with E-state index in [1.165, 1.54) is 31.4 Å². The summed E-state index contributed by atoms with van der Waals surface area (Å²) in [7, 11) is 0. The fourth-order valence-corrected chi connectivity index (χ4v) is 3.23. The Morgan fingerprint density at radius 2 is 2.41 bits per heavy atom. The van der Waals surface area contributed by atoms with Crippen LogP contribution in [0.3, 0.4) is 0 Å². The summed E-state index contributed by atoms with van der Waals surface area (Å²) in [5.74, 6) is 0. The lowest BCUT2D eigenvalue weighted by Gasteiger charge is -2.31. The minimum atomic E-state index is -0.124. The smallest absolute Gasteiger partial charge is 0.125 e. The summed E-state index contributed by atoms with van der Waals surface area (Å²) in [6.07, 6.45) is 6.22.